The molecule has 0 unspecified atom stereocenters. The molecule has 0 saturated heterocycles. The standard InChI is InChI=1S/C17H16N2O/c20-17-18-10-8-13-4-3-5-14(12-13)9-11-19(17)16-7-2-1-6-15(16)18/h1-7,12H,8-11H2. The van der Waals surface area contributed by atoms with Crippen molar-refractivity contribution in [3.05, 3.63) is 70.1 Å². The maximum atomic E-state index is 12.6. The van der Waals surface area contributed by atoms with Crippen molar-refractivity contribution < 1.29 is 0 Å². The van der Waals surface area contributed by atoms with Crippen LogP contribution in [0.25, 0.3) is 11.0 Å². The van der Waals surface area contributed by atoms with E-state index in [9.17, 15) is 4.79 Å². The summed E-state index contributed by atoms with van der Waals surface area (Å²) in [5, 5.41) is 0. The summed E-state index contributed by atoms with van der Waals surface area (Å²) >= 11 is 0. The van der Waals surface area contributed by atoms with Crippen molar-refractivity contribution in [1.29, 1.82) is 0 Å². The third-order valence-electron chi connectivity index (χ3n) is 4.16. The Morgan fingerprint density at radius 3 is 1.85 bits per heavy atom. The molecule has 3 nitrogen and oxygen atoms in total. The summed E-state index contributed by atoms with van der Waals surface area (Å²) in [6, 6.07) is 16.8. The summed E-state index contributed by atoms with van der Waals surface area (Å²) in [6.45, 7) is 1.49. The SMILES string of the molecule is O=c1n2c3ccccc3n1CCc1cccc(c1)CC2. The van der Waals surface area contributed by atoms with Crippen molar-refractivity contribution in [3.8, 4) is 0 Å². The van der Waals surface area contributed by atoms with Gasteiger partial charge in [0, 0.05) is 13.1 Å². The van der Waals surface area contributed by atoms with Gasteiger partial charge in [-0.2, -0.15) is 0 Å². The molecule has 1 aliphatic rings. The maximum Gasteiger partial charge on any atom is 0.329 e. The van der Waals surface area contributed by atoms with E-state index in [1.54, 1.807) is 0 Å². The van der Waals surface area contributed by atoms with Crippen LogP contribution in [0.15, 0.2) is 53.3 Å². The van der Waals surface area contributed by atoms with Crippen LogP contribution in [-0.2, 0) is 25.9 Å². The number of aryl methyl sites for hydroxylation is 4. The van der Waals surface area contributed by atoms with Gasteiger partial charge in [-0.3, -0.25) is 9.13 Å². The van der Waals surface area contributed by atoms with E-state index >= 15 is 0 Å². The second kappa shape index (κ2) is 4.37. The molecule has 0 spiro atoms. The van der Waals surface area contributed by atoms with Gasteiger partial charge in [-0.1, -0.05) is 36.4 Å². The first-order chi connectivity index (χ1) is 9.83. The minimum atomic E-state index is 0.122. The van der Waals surface area contributed by atoms with Gasteiger partial charge in [-0.05, 0) is 36.1 Å². The van der Waals surface area contributed by atoms with Gasteiger partial charge in [-0.25, -0.2) is 4.79 Å². The maximum absolute atomic E-state index is 12.6. The first-order valence-corrected chi connectivity index (χ1v) is 7.09. The lowest BCUT2D eigenvalue weighted by Gasteiger charge is -2.09. The minimum absolute atomic E-state index is 0.122. The number of benzene rings is 2. The summed E-state index contributed by atoms with van der Waals surface area (Å²) in [7, 11) is 0. The Labute approximate surface area is 117 Å². The second-order valence-electron chi connectivity index (χ2n) is 5.39. The van der Waals surface area contributed by atoms with Gasteiger partial charge in [0.25, 0.3) is 0 Å². The highest BCUT2D eigenvalue weighted by Gasteiger charge is 2.14. The van der Waals surface area contributed by atoms with Crippen molar-refractivity contribution in [2.45, 2.75) is 25.9 Å². The second-order valence-corrected chi connectivity index (χ2v) is 5.39. The molecule has 0 atom stereocenters. The zero-order valence-corrected chi connectivity index (χ0v) is 11.2. The molecular formula is C17H16N2O. The number of imidazole rings is 1. The topological polar surface area (TPSA) is 26.9 Å². The van der Waals surface area contributed by atoms with Crippen LogP contribution in [0.3, 0.4) is 0 Å². The molecular weight excluding hydrogens is 248 g/mol. The van der Waals surface area contributed by atoms with E-state index in [2.05, 4.69) is 24.3 Å². The average molecular weight is 264 g/mol. The molecule has 3 aromatic rings. The molecule has 2 aromatic carbocycles. The van der Waals surface area contributed by atoms with Crippen LogP contribution < -0.4 is 5.69 Å². The summed E-state index contributed by atoms with van der Waals surface area (Å²) < 4.78 is 3.82. The van der Waals surface area contributed by atoms with E-state index in [-0.39, 0.29) is 5.69 Å². The predicted octanol–water partition coefficient (Wildman–Crippen LogP) is 2.60. The van der Waals surface area contributed by atoms with Crippen LogP contribution in [0.4, 0.5) is 0 Å². The number of fused-ring (bicyclic) bond motifs is 7. The van der Waals surface area contributed by atoms with Crippen molar-refractivity contribution in [3.63, 3.8) is 0 Å². The zero-order valence-electron chi connectivity index (χ0n) is 11.2. The average Bonchev–Trinajstić information content (AvgIpc) is 2.74. The molecule has 1 aromatic heterocycles. The highest BCUT2D eigenvalue weighted by molar-refractivity contribution is 5.76. The Balaban J connectivity index is 1.94. The lowest BCUT2D eigenvalue weighted by molar-refractivity contribution is 0.614. The number of para-hydroxylation sites is 2. The van der Waals surface area contributed by atoms with Crippen molar-refractivity contribution >= 4 is 11.0 Å². The van der Waals surface area contributed by atoms with Gasteiger partial charge in [0.05, 0.1) is 11.0 Å². The number of aromatic nitrogens is 2. The van der Waals surface area contributed by atoms with Gasteiger partial charge >= 0.3 is 5.69 Å². The Bertz CT molecular complexity index is 778. The molecule has 0 N–H and O–H groups in total. The monoisotopic (exact) mass is 264 g/mol. The Kier molecular flexibility index (Phi) is 2.52. The molecule has 100 valence electrons. The van der Waals surface area contributed by atoms with Crippen molar-refractivity contribution in [2.24, 2.45) is 0 Å². The minimum Gasteiger partial charge on any atom is -0.292 e. The molecule has 3 heteroatoms. The number of hydrogen-bond donors (Lipinski definition) is 0. The third kappa shape index (κ3) is 1.70. The van der Waals surface area contributed by atoms with Gasteiger partial charge in [0.1, 0.15) is 0 Å². The zero-order chi connectivity index (χ0) is 13.5. The number of hydrogen-bond acceptors (Lipinski definition) is 1. The molecule has 0 saturated carbocycles. The van der Waals surface area contributed by atoms with Crippen LogP contribution in [0.2, 0.25) is 0 Å². The van der Waals surface area contributed by atoms with Gasteiger partial charge in [0.2, 0.25) is 0 Å². The molecule has 0 fully saturated rings. The molecule has 20 heavy (non-hydrogen) atoms. The van der Waals surface area contributed by atoms with E-state index in [1.807, 2.05) is 33.4 Å². The lowest BCUT2D eigenvalue weighted by atomic mass is 10.1. The number of rotatable bonds is 0. The van der Waals surface area contributed by atoms with Crippen LogP contribution >= 0.6 is 0 Å². The van der Waals surface area contributed by atoms with Crippen LogP contribution in [0, 0.1) is 0 Å². The summed E-state index contributed by atoms with van der Waals surface area (Å²) in [4.78, 5) is 12.6. The summed E-state index contributed by atoms with van der Waals surface area (Å²) in [6.07, 6.45) is 1.81. The van der Waals surface area contributed by atoms with Gasteiger partial charge in [0.15, 0.2) is 0 Å². The molecule has 0 aliphatic carbocycles. The fourth-order valence-electron chi connectivity index (χ4n) is 3.13. The number of nitrogens with zero attached hydrogens (tertiary/aromatic N) is 2. The summed E-state index contributed by atoms with van der Waals surface area (Å²) in [5.74, 6) is 0. The van der Waals surface area contributed by atoms with Crippen molar-refractivity contribution in [1.82, 2.24) is 9.13 Å². The first kappa shape index (κ1) is 11.5. The van der Waals surface area contributed by atoms with Crippen molar-refractivity contribution in [2.75, 3.05) is 0 Å². The Morgan fingerprint density at radius 2 is 1.30 bits per heavy atom. The van der Waals surface area contributed by atoms with Crippen LogP contribution in [0.5, 0.6) is 0 Å². The molecule has 0 radical (unpaired) electrons. The van der Waals surface area contributed by atoms with E-state index in [0.29, 0.717) is 0 Å². The summed E-state index contributed by atoms with van der Waals surface area (Å²) in [5.41, 5.74) is 4.85. The molecule has 4 bridgehead atoms. The quantitative estimate of drug-likeness (QED) is 0.613. The fourth-order valence-corrected chi connectivity index (χ4v) is 3.13. The molecule has 0 amide bonds. The largest absolute Gasteiger partial charge is 0.329 e. The smallest absolute Gasteiger partial charge is 0.292 e. The van der Waals surface area contributed by atoms with Crippen LogP contribution in [0.1, 0.15) is 11.1 Å². The molecule has 4 rings (SSSR count). The molecule has 1 aliphatic heterocycles. The normalized spacial score (nSPS) is 14.4. The Morgan fingerprint density at radius 1 is 0.750 bits per heavy atom. The Hall–Kier alpha value is -2.29. The van der Waals surface area contributed by atoms with Gasteiger partial charge in [-0.15, -0.1) is 0 Å². The lowest BCUT2D eigenvalue weighted by Crippen LogP contribution is -2.26. The fraction of sp³-hybridized carbons (Fsp3) is 0.235. The third-order valence-corrected chi connectivity index (χ3v) is 4.16. The van der Waals surface area contributed by atoms with Crippen LogP contribution in [-0.4, -0.2) is 9.13 Å². The highest BCUT2D eigenvalue weighted by atomic mass is 16.1. The first-order valence-electron chi connectivity index (χ1n) is 7.09. The van der Waals surface area contributed by atoms with E-state index in [4.69, 9.17) is 0 Å². The van der Waals surface area contributed by atoms with E-state index in [1.165, 1.54) is 11.1 Å². The molecule has 2 heterocycles. The van der Waals surface area contributed by atoms with E-state index < -0.39 is 0 Å². The predicted molar refractivity (Wildman–Crippen MR) is 80.0 cm³/mol. The highest BCUT2D eigenvalue weighted by Crippen LogP contribution is 2.17. The van der Waals surface area contributed by atoms with Gasteiger partial charge < -0.3 is 0 Å². The van der Waals surface area contributed by atoms with E-state index in [0.717, 1.165) is 37.0 Å².